The lowest BCUT2D eigenvalue weighted by Gasteiger charge is -2.14. The average molecular weight is 452 g/mol. The number of benzene rings is 1. The molecule has 4 nitrogen and oxygen atoms in total. The molecule has 176 valence electrons. The number of hydrogen-bond donors (Lipinski definition) is 1. The zero-order chi connectivity index (χ0) is 22.7. The normalized spacial score (nSPS) is 11.8. The first-order chi connectivity index (χ1) is 15.1. The SMILES string of the molecule is CCCCCCCCCCCCCCCCOC(=O)C(C)NC(=O)c1ccccc1Cl. The zero-order valence-electron chi connectivity index (χ0n) is 19.6. The molecule has 1 aromatic carbocycles. The first kappa shape index (κ1) is 27.5. The largest absolute Gasteiger partial charge is 0.464 e. The molecule has 0 saturated heterocycles. The van der Waals surface area contributed by atoms with Gasteiger partial charge in [0.25, 0.3) is 5.91 Å². The molecule has 31 heavy (non-hydrogen) atoms. The van der Waals surface area contributed by atoms with E-state index in [2.05, 4.69) is 12.2 Å². The molecule has 1 rings (SSSR count). The molecule has 1 aromatic rings. The van der Waals surface area contributed by atoms with Gasteiger partial charge in [0.1, 0.15) is 6.04 Å². The van der Waals surface area contributed by atoms with Crippen molar-refractivity contribution in [2.24, 2.45) is 0 Å². The Morgan fingerprint density at radius 3 is 1.84 bits per heavy atom. The number of unbranched alkanes of at least 4 members (excludes halogenated alkanes) is 13. The fourth-order valence-corrected chi connectivity index (χ4v) is 3.79. The molecule has 1 unspecified atom stereocenters. The molecule has 1 amide bonds. The van der Waals surface area contributed by atoms with Crippen LogP contribution in [0.3, 0.4) is 0 Å². The second-order valence-electron chi connectivity index (χ2n) is 8.44. The fourth-order valence-electron chi connectivity index (χ4n) is 3.57. The maximum atomic E-state index is 12.2. The Bertz CT molecular complexity index is 620. The van der Waals surface area contributed by atoms with Gasteiger partial charge in [-0.2, -0.15) is 0 Å². The zero-order valence-corrected chi connectivity index (χ0v) is 20.4. The van der Waals surface area contributed by atoms with Gasteiger partial charge >= 0.3 is 5.97 Å². The molecule has 0 aromatic heterocycles. The average Bonchev–Trinajstić information content (AvgIpc) is 2.76. The number of nitrogens with one attached hydrogen (secondary N) is 1. The lowest BCUT2D eigenvalue weighted by Crippen LogP contribution is -2.39. The van der Waals surface area contributed by atoms with Crippen LogP contribution in [0.2, 0.25) is 5.02 Å². The van der Waals surface area contributed by atoms with E-state index in [1.807, 2.05) is 0 Å². The summed E-state index contributed by atoms with van der Waals surface area (Å²) in [5.41, 5.74) is 0.357. The summed E-state index contributed by atoms with van der Waals surface area (Å²) in [5, 5.41) is 3.00. The van der Waals surface area contributed by atoms with Crippen molar-refractivity contribution >= 4 is 23.5 Å². The predicted molar refractivity (Wildman–Crippen MR) is 130 cm³/mol. The predicted octanol–water partition coefficient (Wildman–Crippen LogP) is 7.48. The van der Waals surface area contributed by atoms with Gasteiger partial charge in [0.2, 0.25) is 0 Å². The quantitative estimate of drug-likeness (QED) is 0.186. The van der Waals surface area contributed by atoms with Gasteiger partial charge in [-0.25, -0.2) is 4.79 Å². The van der Waals surface area contributed by atoms with Gasteiger partial charge in [-0.3, -0.25) is 4.79 Å². The second-order valence-corrected chi connectivity index (χ2v) is 8.85. The minimum Gasteiger partial charge on any atom is -0.464 e. The molecule has 0 bridgehead atoms. The van der Waals surface area contributed by atoms with E-state index in [0.29, 0.717) is 17.2 Å². The molecular formula is C26H42ClNO3. The summed E-state index contributed by atoms with van der Waals surface area (Å²) in [5.74, 6) is -0.776. The van der Waals surface area contributed by atoms with Gasteiger partial charge in [0.15, 0.2) is 0 Å². The van der Waals surface area contributed by atoms with E-state index in [0.717, 1.165) is 12.8 Å². The van der Waals surface area contributed by atoms with Crippen LogP contribution in [0.15, 0.2) is 24.3 Å². The highest BCUT2D eigenvalue weighted by atomic mass is 35.5. The first-order valence-corrected chi connectivity index (χ1v) is 12.7. The Labute approximate surface area is 194 Å². The van der Waals surface area contributed by atoms with E-state index in [-0.39, 0.29) is 5.91 Å². The third-order valence-electron chi connectivity index (χ3n) is 5.56. The third kappa shape index (κ3) is 13.5. The van der Waals surface area contributed by atoms with Crippen molar-refractivity contribution in [1.29, 1.82) is 0 Å². The monoisotopic (exact) mass is 451 g/mol. The molecule has 1 atom stereocenters. The molecule has 0 heterocycles. The van der Waals surface area contributed by atoms with E-state index in [1.165, 1.54) is 77.0 Å². The highest BCUT2D eigenvalue weighted by Gasteiger charge is 2.19. The van der Waals surface area contributed by atoms with Crippen LogP contribution in [0.25, 0.3) is 0 Å². The van der Waals surface area contributed by atoms with Crippen LogP contribution in [0.1, 0.15) is 114 Å². The van der Waals surface area contributed by atoms with Gasteiger partial charge in [-0.1, -0.05) is 114 Å². The lowest BCUT2D eigenvalue weighted by molar-refractivity contribution is -0.145. The minimum absolute atomic E-state index is 0.357. The molecule has 0 radical (unpaired) electrons. The van der Waals surface area contributed by atoms with E-state index in [4.69, 9.17) is 16.3 Å². The van der Waals surface area contributed by atoms with E-state index < -0.39 is 12.0 Å². The fraction of sp³-hybridized carbons (Fsp3) is 0.692. The van der Waals surface area contributed by atoms with E-state index in [9.17, 15) is 9.59 Å². The standard InChI is InChI=1S/C26H42ClNO3/c1-3-4-5-6-7-8-9-10-11-12-13-14-15-18-21-31-26(30)22(2)28-25(29)23-19-16-17-20-24(23)27/h16-17,19-20,22H,3-15,18,21H2,1-2H3,(H,28,29). The number of rotatable bonds is 18. The maximum absolute atomic E-state index is 12.2. The molecule has 5 heteroatoms. The second kappa shape index (κ2) is 18.1. The van der Waals surface area contributed by atoms with Gasteiger partial charge in [-0.05, 0) is 25.5 Å². The Balaban J connectivity index is 1.95. The summed E-state index contributed by atoms with van der Waals surface area (Å²) in [6.07, 6.45) is 18.1. The number of amides is 1. The van der Waals surface area contributed by atoms with Crippen molar-refractivity contribution < 1.29 is 14.3 Å². The Kier molecular flexibility index (Phi) is 16.0. The van der Waals surface area contributed by atoms with Gasteiger partial charge in [0.05, 0.1) is 17.2 Å². The van der Waals surface area contributed by atoms with Crippen molar-refractivity contribution in [3.8, 4) is 0 Å². The van der Waals surface area contributed by atoms with Crippen LogP contribution >= 0.6 is 11.6 Å². The Hall–Kier alpha value is -1.55. The van der Waals surface area contributed by atoms with Crippen LogP contribution in [-0.2, 0) is 9.53 Å². The molecule has 0 fully saturated rings. The molecule has 0 aliphatic heterocycles. The molecule has 0 spiro atoms. The Morgan fingerprint density at radius 2 is 1.32 bits per heavy atom. The van der Waals surface area contributed by atoms with Crippen molar-refractivity contribution in [3.05, 3.63) is 34.9 Å². The van der Waals surface area contributed by atoms with Crippen molar-refractivity contribution in [2.75, 3.05) is 6.61 Å². The number of esters is 1. The summed E-state index contributed by atoms with van der Waals surface area (Å²) in [6, 6.07) is 6.07. The summed E-state index contributed by atoms with van der Waals surface area (Å²) in [6.45, 7) is 4.30. The van der Waals surface area contributed by atoms with Crippen LogP contribution in [0.5, 0.6) is 0 Å². The smallest absolute Gasteiger partial charge is 0.328 e. The highest BCUT2D eigenvalue weighted by molar-refractivity contribution is 6.33. The van der Waals surface area contributed by atoms with Gasteiger partial charge in [-0.15, -0.1) is 0 Å². The van der Waals surface area contributed by atoms with E-state index >= 15 is 0 Å². The molecule has 0 aliphatic rings. The van der Waals surface area contributed by atoms with Crippen LogP contribution in [0.4, 0.5) is 0 Å². The Morgan fingerprint density at radius 1 is 0.839 bits per heavy atom. The minimum atomic E-state index is -0.699. The van der Waals surface area contributed by atoms with Crippen LogP contribution in [0, 0.1) is 0 Å². The maximum Gasteiger partial charge on any atom is 0.328 e. The molecule has 1 N–H and O–H groups in total. The topological polar surface area (TPSA) is 55.4 Å². The van der Waals surface area contributed by atoms with Crippen LogP contribution < -0.4 is 5.32 Å². The number of halogens is 1. The summed E-state index contributed by atoms with van der Waals surface area (Å²) < 4.78 is 5.29. The highest BCUT2D eigenvalue weighted by Crippen LogP contribution is 2.15. The molecule has 0 aliphatic carbocycles. The lowest BCUT2D eigenvalue weighted by atomic mass is 10.0. The first-order valence-electron chi connectivity index (χ1n) is 12.3. The summed E-state index contributed by atoms with van der Waals surface area (Å²) >= 11 is 6.01. The van der Waals surface area contributed by atoms with Crippen molar-refractivity contribution in [2.45, 2.75) is 110 Å². The van der Waals surface area contributed by atoms with Crippen molar-refractivity contribution in [1.82, 2.24) is 5.32 Å². The number of ether oxygens (including phenoxy) is 1. The molecule has 0 saturated carbocycles. The van der Waals surface area contributed by atoms with Crippen molar-refractivity contribution in [3.63, 3.8) is 0 Å². The van der Waals surface area contributed by atoms with E-state index in [1.54, 1.807) is 31.2 Å². The number of hydrogen-bond acceptors (Lipinski definition) is 3. The summed E-state index contributed by atoms with van der Waals surface area (Å²) in [4.78, 5) is 24.2. The third-order valence-corrected chi connectivity index (χ3v) is 5.89. The number of carbonyl (C=O) groups is 2. The van der Waals surface area contributed by atoms with Gasteiger partial charge in [0, 0.05) is 0 Å². The number of carbonyl (C=O) groups excluding carboxylic acids is 2. The summed E-state index contributed by atoms with van der Waals surface area (Å²) in [7, 11) is 0. The van der Waals surface area contributed by atoms with Gasteiger partial charge < -0.3 is 10.1 Å². The molecular weight excluding hydrogens is 410 g/mol. The van der Waals surface area contributed by atoms with Crippen LogP contribution in [-0.4, -0.2) is 24.5 Å².